The van der Waals surface area contributed by atoms with Crippen LogP contribution in [0.15, 0.2) is 24.3 Å². The molecule has 1 aromatic rings. The third-order valence-electron chi connectivity index (χ3n) is 3.89. The molecular formula is C16H23ClN2O. The molecule has 1 amide bonds. The Labute approximate surface area is 126 Å². The number of hydrogen-bond acceptors (Lipinski definition) is 2. The van der Waals surface area contributed by atoms with Gasteiger partial charge in [-0.05, 0) is 36.5 Å². The smallest absolute Gasteiger partial charge is 0.223 e. The summed E-state index contributed by atoms with van der Waals surface area (Å²) >= 11 is 5.84. The van der Waals surface area contributed by atoms with Crippen molar-refractivity contribution in [1.82, 2.24) is 10.2 Å². The first-order valence-corrected chi connectivity index (χ1v) is 7.76. The van der Waals surface area contributed by atoms with Gasteiger partial charge in [0, 0.05) is 37.6 Å². The second-order valence-electron chi connectivity index (χ2n) is 5.62. The van der Waals surface area contributed by atoms with Crippen molar-refractivity contribution in [1.29, 1.82) is 0 Å². The lowest BCUT2D eigenvalue weighted by Gasteiger charge is -2.30. The molecule has 0 saturated carbocycles. The Hall–Kier alpha value is -1.06. The molecule has 1 aliphatic rings. The minimum Gasteiger partial charge on any atom is -0.343 e. The Kier molecular flexibility index (Phi) is 5.86. The van der Waals surface area contributed by atoms with Gasteiger partial charge in [0.05, 0.1) is 0 Å². The first-order valence-electron chi connectivity index (χ1n) is 7.38. The number of nitrogens with zero attached hydrogens (tertiary/aromatic N) is 1. The molecule has 1 aromatic carbocycles. The maximum atomic E-state index is 12.0. The second-order valence-corrected chi connectivity index (χ2v) is 6.05. The molecule has 110 valence electrons. The van der Waals surface area contributed by atoms with Crippen LogP contribution in [0.5, 0.6) is 0 Å². The molecule has 0 spiro atoms. The number of carbonyl (C=O) groups is 1. The highest BCUT2D eigenvalue weighted by atomic mass is 35.5. The summed E-state index contributed by atoms with van der Waals surface area (Å²) in [5.41, 5.74) is 1.19. The Morgan fingerprint density at radius 2 is 1.95 bits per heavy atom. The zero-order chi connectivity index (χ0) is 14.4. The number of nitrogens with one attached hydrogen (secondary N) is 1. The monoisotopic (exact) mass is 294 g/mol. The maximum absolute atomic E-state index is 12.0. The lowest BCUT2D eigenvalue weighted by molar-refractivity contribution is -0.132. The lowest BCUT2D eigenvalue weighted by Crippen LogP contribution is -2.39. The van der Waals surface area contributed by atoms with E-state index in [1.165, 1.54) is 5.56 Å². The second kappa shape index (κ2) is 7.65. The lowest BCUT2D eigenvalue weighted by atomic mass is 9.99. The van der Waals surface area contributed by atoms with Crippen LogP contribution in [0.1, 0.15) is 31.7 Å². The number of piperidine rings is 1. The van der Waals surface area contributed by atoms with Gasteiger partial charge in [-0.3, -0.25) is 4.79 Å². The van der Waals surface area contributed by atoms with Crippen molar-refractivity contribution in [2.24, 2.45) is 5.92 Å². The van der Waals surface area contributed by atoms with Crippen LogP contribution in [0, 0.1) is 5.92 Å². The van der Waals surface area contributed by atoms with Crippen LogP contribution in [0.25, 0.3) is 0 Å². The van der Waals surface area contributed by atoms with Gasteiger partial charge >= 0.3 is 0 Å². The molecule has 0 radical (unpaired) electrons. The van der Waals surface area contributed by atoms with Gasteiger partial charge in [-0.1, -0.05) is 30.7 Å². The summed E-state index contributed by atoms with van der Waals surface area (Å²) in [6, 6.07) is 7.78. The average Bonchev–Trinajstić information content (AvgIpc) is 2.46. The summed E-state index contributed by atoms with van der Waals surface area (Å²) in [7, 11) is 0. The normalized spacial score (nSPS) is 16.4. The van der Waals surface area contributed by atoms with E-state index in [4.69, 9.17) is 11.6 Å². The molecule has 0 atom stereocenters. The molecule has 1 aliphatic heterocycles. The summed E-state index contributed by atoms with van der Waals surface area (Å²) in [6.07, 6.45) is 2.87. The first-order chi connectivity index (χ1) is 9.65. The Morgan fingerprint density at radius 3 is 2.60 bits per heavy atom. The highest BCUT2D eigenvalue weighted by molar-refractivity contribution is 6.30. The molecule has 0 aromatic heterocycles. The van der Waals surface area contributed by atoms with Gasteiger partial charge in [0.1, 0.15) is 0 Å². The van der Waals surface area contributed by atoms with Crippen LogP contribution in [0.4, 0.5) is 0 Å². The van der Waals surface area contributed by atoms with Gasteiger partial charge < -0.3 is 10.2 Å². The predicted octanol–water partition coefficient (Wildman–Crippen LogP) is 3.08. The topological polar surface area (TPSA) is 32.3 Å². The van der Waals surface area contributed by atoms with Crippen molar-refractivity contribution in [2.75, 3.05) is 19.6 Å². The van der Waals surface area contributed by atoms with E-state index >= 15 is 0 Å². The van der Waals surface area contributed by atoms with Crippen molar-refractivity contribution in [3.63, 3.8) is 0 Å². The quantitative estimate of drug-likeness (QED) is 0.847. The van der Waals surface area contributed by atoms with Gasteiger partial charge in [0.15, 0.2) is 0 Å². The van der Waals surface area contributed by atoms with Crippen molar-refractivity contribution in [3.8, 4) is 0 Å². The van der Waals surface area contributed by atoms with Crippen molar-refractivity contribution in [3.05, 3.63) is 34.9 Å². The summed E-state index contributed by atoms with van der Waals surface area (Å²) in [5.74, 6) is 1.04. The van der Waals surface area contributed by atoms with Crippen molar-refractivity contribution >= 4 is 17.5 Å². The van der Waals surface area contributed by atoms with Gasteiger partial charge in [-0.25, -0.2) is 0 Å². The first kappa shape index (κ1) is 15.3. The molecule has 4 heteroatoms. The van der Waals surface area contributed by atoms with Crippen LogP contribution in [-0.4, -0.2) is 30.4 Å². The molecule has 1 N–H and O–H groups in total. The summed E-state index contributed by atoms with van der Waals surface area (Å²) < 4.78 is 0. The van der Waals surface area contributed by atoms with Crippen molar-refractivity contribution < 1.29 is 4.79 Å². The van der Waals surface area contributed by atoms with Crippen LogP contribution in [0.3, 0.4) is 0 Å². The maximum Gasteiger partial charge on any atom is 0.223 e. The van der Waals surface area contributed by atoms with E-state index in [0.29, 0.717) is 6.42 Å². The molecule has 1 fully saturated rings. The third kappa shape index (κ3) is 4.80. The highest BCUT2D eigenvalue weighted by Gasteiger charge is 2.19. The van der Waals surface area contributed by atoms with E-state index in [9.17, 15) is 4.79 Å². The standard InChI is InChI=1S/C16H23ClN2O/c1-13-7-10-19(11-8-13)16(20)6-9-18-12-14-2-4-15(17)5-3-14/h2-5,13,18H,6-12H2,1H3. The summed E-state index contributed by atoms with van der Waals surface area (Å²) in [5, 5.41) is 4.06. The largest absolute Gasteiger partial charge is 0.343 e. The summed E-state index contributed by atoms with van der Waals surface area (Å²) in [4.78, 5) is 14.0. The fraction of sp³-hybridized carbons (Fsp3) is 0.562. The number of rotatable bonds is 5. The fourth-order valence-electron chi connectivity index (χ4n) is 2.45. The van der Waals surface area contributed by atoms with Gasteiger partial charge in [-0.2, -0.15) is 0 Å². The van der Waals surface area contributed by atoms with Crippen molar-refractivity contribution in [2.45, 2.75) is 32.7 Å². The zero-order valence-corrected chi connectivity index (χ0v) is 12.8. The molecular weight excluding hydrogens is 272 g/mol. The van der Waals surface area contributed by atoms with E-state index in [2.05, 4.69) is 12.2 Å². The molecule has 1 heterocycles. The molecule has 0 unspecified atom stereocenters. The van der Waals surface area contributed by atoms with Crippen LogP contribution >= 0.6 is 11.6 Å². The van der Waals surface area contributed by atoms with E-state index in [1.54, 1.807) is 0 Å². The fourth-order valence-corrected chi connectivity index (χ4v) is 2.57. The van der Waals surface area contributed by atoms with Crippen LogP contribution < -0.4 is 5.32 Å². The number of halogens is 1. The molecule has 0 aliphatic carbocycles. The van der Waals surface area contributed by atoms with E-state index in [-0.39, 0.29) is 5.91 Å². The molecule has 1 saturated heterocycles. The number of hydrogen-bond donors (Lipinski definition) is 1. The molecule has 0 bridgehead atoms. The number of benzene rings is 1. The SMILES string of the molecule is CC1CCN(C(=O)CCNCc2ccc(Cl)cc2)CC1. The number of likely N-dealkylation sites (tertiary alicyclic amines) is 1. The minimum atomic E-state index is 0.278. The van der Waals surface area contributed by atoms with Crippen LogP contribution in [-0.2, 0) is 11.3 Å². The Bertz CT molecular complexity index is 425. The van der Waals surface area contributed by atoms with E-state index < -0.39 is 0 Å². The van der Waals surface area contributed by atoms with Gasteiger partial charge in [0.2, 0.25) is 5.91 Å². The summed E-state index contributed by atoms with van der Waals surface area (Å²) in [6.45, 7) is 5.62. The molecule has 3 nitrogen and oxygen atoms in total. The Morgan fingerprint density at radius 1 is 1.30 bits per heavy atom. The average molecular weight is 295 g/mol. The van der Waals surface area contributed by atoms with Crippen LogP contribution in [0.2, 0.25) is 5.02 Å². The highest BCUT2D eigenvalue weighted by Crippen LogP contribution is 2.16. The van der Waals surface area contributed by atoms with Gasteiger partial charge in [0.25, 0.3) is 0 Å². The molecule has 20 heavy (non-hydrogen) atoms. The number of amides is 1. The predicted molar refractivity (Wildman–Crippen MR) is 82.8 cm³/mol. The number of carbonyl (C=O) groups excluding carboxylic acids is 1. The molecule has 2 rings (SSSR count). The Balaban J connectivity index is 1.63. The third-order valence-corrected chi connectivity index (χ3v) is 4.15. The van der Waals surface area contributed by atoms with E-state index in [1.807, 2.05) is 29.2 Å². The van der Waals surface area contributed by atoms with E-state index in [0.717, 1.165) is 50.0 Å². The van der Waals surface area contributed by atoms with Gasteiger partial charge in [-0.15, -0.1) is 0 Å². The zero-order valence-electron chi connectivity index (χ0n) is 12.1. The minimum absolute atomic E-state index is 0.278.